The van der Waals surface area contributed by atoms with Gasteiger partial charge in [-0.3, -0.25) is 9.59 Å². The molecule has 0 radical (unpaired) electrons. The van der Waals surface area contributed by atoms with Gasteiger partial charge in [-0.25, -0.2) is 0 Å². The highest BCUT2D eigenvalue weighted by molar-refractivity contribution is 8.00. The number of rotatable bonds is 10. The van der Waals surface area contributed by atoms with Crippen LogP contribution in [0.25, 0.3) is 0 Å². The lowest BCUT2D eigenvalue weighted by Crippen LogP contribution is -2.41. The molecule has 24 heavy (non-hydrogen) atoms. The highest BCUT2D eigenvalue weighted by Gasteiger charge is 2.11. The van der Waals surface area contributed by atoms with Gasteiger partial charge in [-0.15, -0.1) is 24.2 Å². The van der Waals surface area contributed by atoms with Crippen molar-refractivity contribution < 1.29 is 9.59 Å². The SMILES string of the molecule is CCCCC(CN)NC(=O)CSCC(=O)Nc1ccc(C)cc1.Cl. The minimum Gasteiger partial charge on any atom is -0.351 e. The second-order valence-electron chi connectivity index (χ2n) is 5.55. The first-order chi connectivity index (χ1) is 11.0. The lowest BCUT2D eigenvalue weighted by Gasteiger charge is -2.16. The zero-order valence-corrected chi connectivity index (χ0v) is 16.0. The number of anilines is 1. The molecule has 0 heterocycles. The molecule has 4 N–H and O–H groups in total. The van der Waals surface area contributed by atoms with Crippen molar-refractivity contribution in [3.8, 4) is 0 Å². The van der Waals surface area contributed by atoms with E-state index in [0.29, 0.717) is 6.54 Å². The molecule has 1 atom stereocenters. The van der Waals surface area contributed by atoms with Gasteiger partial charge >= 0.3 is 0 Å². The Morgan fingerprint density at radius 3 is 2.38 bits per heavy atom. The third kappa shape index (κ3) is 9.80. The summed E-state index contributed by atoms with van der Waals surface area (Å²) >= 11 is 1.30. The van der Waals surface area contributed by atoms with E-state index in [9.17, 15) is 9.59 Å². The van der Waals surface area contributed by atoms with Crippen LogP contribution in [0, 0.1) is 6.92 Å². The van der Waals surface area contributed by atoms with Crippen LogP contribution >= 0.6 is 24.2 Å². The number of hydrogen-bond acceptors (Lipinski definition) is 4. The van der Waals surface area contributed by atoms with E-state index in [1.807, 2.05) is 31.2 Å². The molecule has 0 aromatic heterocycles. The summed E-state index contributed by atoms with van der Waals surface area (Å²) in [6.45, 7) is 4.55. The van der Waals surface area contributed by atoms with E-state index in [0.717, 1.165) is 30.5 Å². The molecule has 0 fully saturated rings. The smallest absolute Gasteiger partial charge is 0.234 e. The topological polar surface area (TPSA) is 84.2 Å². The fourth-order valence-corrected chi connectivity index (χ4v) is 2.67. The van der Waals surface area contributed by atoms with E-state index < -0.39 is 0 Å². The average Bonchev–Trinajstić information content (AvgIpc) is 2.53. The summed E-state index contributed by atoms with van der Waals surface area (Å²) < 4.78 is 0. The molecule has 0 aliphatic heterocycles. The summed E-state index contributed by atoms with van der Waals surface area (Å²) in [7, 11) is 0. The Kier molecular flexibility index (Phi) is 12.4. The number of hydrogen-bond donors (Lipinski definition) is 3. The molecule has 0 saturated heterocycles. The first-order valence-electron chi connectivity index (χ1n) is 7.98. The van der Waals surface area contributed by atoms with Crippen LogP contribution in [0.1, 0.15) is 31.7 Å². The van der Waals surface area contributed by atoms with Crippen molar-refractivity contribution >= 4 is 41.7 Å². The number of thioether (sulfide) groups is 1. The van der Waals surface area contributed by atoms with Gasteiger partial charge in [-0.05, 0) is 25.5 Å². The van der Waals surface area contributed by atoms with Crippen molar-refractivity contribution in [2.45, 2.75) is 39.2 Å². The van der Waals surface area contributed by atoms with Crippen LogP contribution in [0.15, 0.2) is 24.3 Å². The van der Waals surface area contributed by atoms with Crippen LogP contribution in [0.2, 0.25) is 0 Å². The lowest BCUT2D eigenvalue weighted by atomic mass is 10.1. The van der Waals surface area contributed by atoms with Crippen LogP contribution in [0.5, 0.6) is 0 Å². The summed E-state index contributed by atoms with van der Waals surface area (Å²) in [5, 5.41) is 5.73. The summed E-state index contributed by atoms with van der Waals surface area (Å²) in [5.41, 5.74) is 7.57. The van der Waals surface area contributed by atoms with E-state index >= 15 is 0 Å². The summed E-state index contributed by atoms with van der Waals surface area (Å²) in [5.74, 6) is 0.353. The summed E-state index contributed by atoms with van der Waals surface area (Å²) in [6.07, 6.45) is 3.03. The number of aryl methyl sites for hydroxylation is 1. The fraction of sp³-hybridized carbons (Fsp3) is 0.529. The zero-order valence-electron chi connectivity index (χ0n) is 14.3. The number of carbonyl (C=O) groups excluding carboxylic acids is 2. The molecule has 0 saturated carbocycles. The monoisotopic (exact) mass is 373 g/mol. The van der Waals surface area contributed by atoms with Gasteiger partial charge in [0.1, 0.15) is 0 Å². The summed E-state index contributed by atoms with van der Waals surface area (Å²) in [4.78, 5) is 23.6. The van der Waals surface area contributed by atoms with Crippen LogP contribution in [-0.2, 0) is 9.59 Å². The maximum Gasteiger partial charge on any atom is 0.234 e. The van der Waals surface area contributed by atoms with E-state index in [4.69, 9.17) is 5.73 Å². The Hall–Kier alpha value is -1.24. The number of nitrogens with one attached hydrogen (secondary N) is 2. The maximum atomic E-state index is 11.8. The van der Waals surface area contributed by atoms with Crippen LogP contribution < -0.4 is 16.4 Å². The highest BCUT2D eigenvalue weighted by atomic mass is 35.5. The Bertz CT molecular complexity index is 497. The molecule has 0 spiro atoms. The van der Waals surface area contributed by atoms with Crippen molar-refractivity contribution in [3.05, 3.63) is 29.8 Å². The van der Waals surface area contributed by atoms with Crippen molar-refractivity contribution in [2.24, 2.45) is 5.73 Å². The predicted octanol–water partition coefficient (Wildman–Crippen LogP) is 2.72. The van der Waals surface area contributed by atoms with Crippen molar-refractivity contribution in [1.29, 1.82) is 0 Å². The van der Waals surface area contributed by atoms with Crippen molar-refractivity contribution in [3.63, 3.8) is 0 Å². The average molecular weight is 374 g/mol. The van der Waals surface area contributed by atoms with Gasteiger partial charge in [0.25, 0.3) is 0 Å². The molecule has 7 heteroatoms. The Balaban J connectivity index is 0.00000529. The first-order valence-corrected chi connectivity index (χ1v) is 9.14. The van der Waals surface area contributed by atoms with Crippen molar-refractivity contribution in [2.75, 3.05) is 23.4 Å². The number of carbonyl (C=O) groups is 2. The molecule has 0 aliphatic rings. The molecule has 136 valence electrons. The Labute approximate surface area is 154 Å². The Morgan fingerprint density at radius 1 is 1.17 bits per heavy atom. The number of halogens is 1. The molecule has 0 aliphatic carbocycles. The van der Waals surface area contributed by atoms with E-state index in [2.05, 4.69) is 17.6 Å². The quantitative estimate of drug-likeness (QED) is 0.588. The van der Waals surface area contributed by atoms with Gasteiger partial charge in [0.2, 0.25) is 11.8 Å². The fourth-order valence-electron chi connectivity index (χ4n) is 2.04. The normalized spacial score (nSPS) is 11.3. The molecular weight excluding hydrogens is 346 g/mol. The second kappa shape index (κ2) is 13.1. The molecule has 1 aromatic rings. The number of nitrogens with two attached hydrogens (primary N) is 1. The molecule has 5 nitrogen and oxygen atoms in total. The highest BCUT2D eigenvalue weighted by Crippen LogP contribution is 2.10. The van der Waals surface area contributed by atoms with Crippen LogP contribution in [0.4, 0.5) is 5.69 Å². The van der Waals surface area contributed by atoms with E-state index in [1.54, 1.807) is 0 Å². The van der Waals surface area contributed by atoms with Crippen LogP contribution in [0.3, 0.4) is 0 Å². The standard InChI is InChI=1S/C17H27N3O2S.ClH/c1-3-4-5-15(10-18)20-17(22)12-23-11-16(21)19-14-8-6-13(2)7-9-14;/h6-9,15H,3-5,10-12,18H2,1-2H3,(H,19,21)(H,20,22);1H. The minimum absolute atomic E-state index is 0. The van der Waals surface area contributed by atoms with Crippen molar-refractivity contribution in [1.82, 2.24) is 5.32 Å². The van der Waals surface area contributed by atoms with E-state index in [-0.39, 0.29) is 41.8 Å². The first kappa shape index (κ1) is 22.8. The second-order valence-corrected chi connectivity index (χ2v) is 6.53. The van der Waals surface area contributed by atoms with Gasteiger partial charge < -0.3 is 16.4 Å². The van der Waals surface area contributed by atoms with Gasteiger partial charge in [0.15, 0.2) is 0 Å². The van der Waals surface area contributed by atoms with Crippen LogP contribution in [-0.4, -0.2) is 35.9 Å². The van der Waals surface area contributed by atoms with Gasteiger partial charge in [-0.1, -0.05) is 37.5 Å². The third-order valence-corrected chi connectivity index (χ3v) is 4.29. The number of benzene rings is 1. The minimum atomic E-state index is -0.104. The molecule has 1 rings (SSSR count). The molecule has 2 amide bonds. The van der Waals surface area contributed by atoms with Gasteiger partial charge in [0.05, 0.1) is 11.5 Å². The van der Waals surface area contributed by atoms with Gasteiger partial charge in [-0.2, -0.15) is 0 Å². The third-order valence-electron chi connectivity index (χ3n) is 3.36. The predicted molar refractivity (Wildman–Crippen MR) is 105 cm³/mol. The maximum absolute atomic E-state index is 11.8. The lowest BCUT2D eigenvalue weighted by molar-refractivity contribution is -0.119. The molecule has 1 unspecified atom stereocenters. The summed E-state index contributed by atoms with van der Waals surface area (Å²) in [6, 6.07) is 7.65. The molecule has 1 aromatic carbocycles. The largest absolute Gasteiger partial charge is 0.351 e. The molecule has 0 bridgehead atoms. The Morgan fingerprint density at radius 2 is 1.79 bits per heavy atom. The van der Waals surface area contributed by atoms with Gasteiger partial charge in [0, 0.05) is 18.3 Å². The number of amides is 2. The molecular formula is C17H28ClN3O2S. The van der Waals surface area contributed by atoms with E-state index in [1.165, 1.54) is 11.8 Å². The number of unbranched alkanes of at least 4 members (excludes halogenated alkanes) is 1. The zero-order chi connectivity index (χ0) is 17.1.